The molecule has 0 spiro atoms. The highest BCUT2D eigenvalue weighted by atomic mass is 32.1. The lowest BCUT2D eigenvalue weighted by molar-refractivity contribution is -0.384. The fourth-order valence-electron chi connectivity index (χ4n) is 1.99. The molecule has 0 aliphatic heterocycles. The van der Waals surface area contributed by atoms with E-state index in [0.717, 1.165) is 21.8 Å². The third-order valence-corrected chi connectivity index (χ3v) is 4.07. The van der Waals surface area contributed by atoms with E-state index in [4.69, 9.17) is 0 Å². The minimum atomic E-state index is -0.400. The zero-order chi connectivity index (χ0) is 14.8. The lowest BCUT2D eigenvalue weighted by atomic mass is 10.1. The van der Waals surface area contributed by atoms with Gasteiger partial charge in [0.2, 0.25) is 0 Å². The van der Waals surface area contributed by atoms with Gasteiger partial charge in [0.1, 0.15) is 5.01 Å². The van der Waals surface area contributed by atoms with Crippen LogP contribution < -0.4 is 0 Å². The molecule has 0 fully saturated rings. The van der Waals surface area contributed by atoms with Crippen LogP contribution >= 0.6 is 11.3 Å². The van der Waals surface area contributed by atoms with E-state index in [1.165, 1.54) is 17.7 Å². The van der Waals surface area contributed by atoms with Gasteiger partial charge in [-0.1, -0.05) is 29.8 Å². The normalized spacial score (nSPS) is 10.5. The summed E-state index contributed by atoms with van der Waals surface area (Å²) in [6.07, 6.45) is 0. The highest BCUT2D eigenvalue weighted by Crippen LogP contribution is 2.29. The average molecular weight is 296 g/mol. The Bertz CT molecular complexity index is 777. The topological polar surface area (TPSA) is 56.0 Å². The Morgan fingerprint density at radius 2 is 1.62 bits per heavy atom. The van der Waals surface area contributed by atoms with Crippen LogP contribution in [0.15, 0.2) is 53.9 Å². The maximum absolute atomic E-state index is 10.7. The van der Waals surface area contributed by atoms with Crippen molar-refractivity contribution in [2.24, 2.45) is 0 Å². The molecule has 0 aliphatic carbocycles. The molecule has 0 saturated heterocycles. The molecule has 0 atom stereocenters. The first-order chi connectivity index (χ1) is 10.1. The van der Waals surface area contributed by atoms with Crippen LogP contribution in [0, 0.1) is 17.0 Å². The van der Waals surface area contributed by atoms with Crippen LogP contribution in [0.5, 0.6) is 0 Å². The number of nitro benzene ring substituents is 1. The molecule has 0 amide bonds. The van der Waals surface area contributed by atoms with Crippen molar-refractivity contribution < 1.29 is 4.92 Å². The molecule has 0 N–H and O–H groups in total. The van der Waals surface area contributed by atoms with Gasteiger partial charge in [-0.15, -0.1) is 11.3 Å². The van der Waals surface area contributed by atoms with E-state index < -0.39 is 4.92 Å². The van der Waals surface area contributed by atoms with Gasteiger partial charge in [-0.3, -0.25) is 10.1 Å². The minimum Gasteiger partial charge on any atom is -0.258 e. The Kier molecular flexibility index (Phi) is 3.50. The van der Waals surface area contributed by atoms with Gasteiger partial charge in [0, 0.05) is 28.6 Å². The van der Waals surface area contributed by atoms with Crippen molar-refractivity contribution in [3.05, 3.63) is 69.6 Å². The molecular formula is C16H12N2O2S. The quantitative estimate of drug-likeness (QED) is 0.520. The molecule has 21 heavy (non-hydrogen) atoms. The maximum atomic E-state index is 10.7. The Morgan fingerprint density at radius 3 is 2.24 bits per heavy atom. The second-order valence-corrected chi connectivity index (χ2v) is 5.57. The summed E-state index contributed by atoms with van der Waals surface area (Å²) in [6, 6.07) is 14.7. The molecule has 0 radical (unpaired) electrons. The van der Waals surface area contributed by atoms with Crippen LogP contribution in [0.4, 0.5) is 5.69 Å². The van der Waals surface area contributed by atoms with Crippen molar-refractivity contribution >= 4 is 17.0 Å². The summed E-state index contributed by atoms with van der Waals surface area (Å²) in [7, 11) is 0. The lowest BCUT2D eigenvalue weighted by Gasteiger charge is -1.98. The van der Waals surface area contributed by atoms with Crippen LogP contribution in [-0.4, -0.2) is 9.91 Å². The molecule has 104 valence electrons. The average Bonchev–Trinajstić information content (AvgIpc) is 2.98. The molecular weight excluding hydrogens is 284 g/mol. The molecule has 4 nitrogen and oxygen atoms in total. The number of nitro groups is 1. The monoisotopic (exact) mass is 296 g/mol. The number of thiazole rings is 1. The Balaban J connectivity index is 1.90. The van der Waals surface area contributed by atoms with Gasteiger partial charge < -0.3 is 0 Å². The van der Waals surface area contributed by atoms with E-state index >= 15 is 0 Å². The SMILES string of the molecule is Cc1ccc(-c2nc(-c3ccc([N+](=O)[O-])cc3)cs2)cc1. The number of hydrogen-bond donors (Lipinski definition) is 0. The van der Waals surface area contributed by atoms with Gasteiger partial charge in [-0.25, -0.2) is 4.98 Å². The van der Waals surface area contributed by atoms with Crippen molar-refractivity contribution in [1.82, 2.24) is 4.98 Å². The van der Waals surface area contributed by atoms with E-state index in [-0.39, 0.29) is 5.69 Å². The van der Waals surface area contributed by atoms with Crippen molar-refractivity contribution in [2.75, 3.05) is 0 Å². The smallest absolute Gasteiger partial charge is 0.258 e. The summed E-state index contributed by atoms with van der Waals surface area (Å²) < 4.78 is 0. The predicted molar refractivity (Wildman–Crippen MR) is 84.4 cm³/mol. The van der Waals surface area contributed by atoms with E-state index in [1.54, 1.807) is 23.5 Å². The first-order valence-electron chi connectivity index (χ1n) is 6.41. The van der Waals surface area contributed by atoms with Crippen LogP contribution in [-0.2, 0) is 0 Å². The molecule has 1 aromatic heterocycles. The van der Waals surface area contributed by atoms with Crippen molar-refractivity contribution in [2.45, 2.75) is 6.92 Å². The molecule has 5 heteroatoms. The summed E-state index contributed by atoms with van der Waals surface area (Å²) in [6.45, 7) is 2.05. The summed E-state index contributed by atoms with van der Waals surface area (Å²) >= 11 is 1.57. The molecule has 0 saturated carbocycles. The number of non-ortho nitro benzene ring substituents is 1. The molecule has 0 aliphatic rings. The third-order valence-electron chi connectivity index (χ3n) is 3.18. The third kappa shape index (κ3) is 2.83. The number of benzene rings is 2. The van der Waals surface area contributed by atoms with Gasteiger partial charge in [-0.2, -0.15) is 0 Å². The first kappa shape index (κ1) is 13.5. The van der Waals surface area contributed by atoms with E-state index in [2.05, 4.69) is 17.1 Å². The highest BCUT2D eigenvalue weighted by molar-refractivity contribution is 7.13. The largest absolute Gasteiger partial charge is 0.269 e. The predicted octanol–water partition coefficient (Wildman–Crippen LogP) is 4.69. The summed E-state index contributed by atoms with van der Waals surface area (Å²) in [5.74, 6) is 0. The molecule has 0 unspecified atom stereocenters. The zero-order valence-corrected chi connectivity index (χ0v) is 12.1. The second kappa shape index (κ2) is 5.46. The fourth-order valence-corrected chi connectivity index (χ4v) is 2.82. The number of aryl methyl sites for hydroxylation is 1. The summed E-state index contributed by atoms with van der Waals surface area (Å²) in [5, 5.41) is 13.6. The Morgan fingerprint density at radius 1 is 1.00 bits per heavy atom. The van der Waals surface area contributed by atoms with Gasteiger partial charge in [0.25, 0.3) is 5.69 Å². The molecule has 0 bridgehead atoms. The molecule has 3 aromatic rings. The van der Waals surface area contributed by atoms with Gasteiger partial charge in [0.15, 0.2) is 0 Å². The van der Waals surface area contributed by atoms with Crippen LogP contribution in [0.2, 0.25) is 0 Å². The second-order valence-electron chi connectivity index (χ2n) is 4.71. The number of hydrogen-bond acceptors (Lipinski definition) is 4. The minimum absolute atomic E-state index is 0.0905. The highest BCUT2D eigenvalue weighted by Gasteiger charge is 2.09. The molecule has 2 aromatic carbocycles. The van der Waals surface area contributed by atoms with E-state index in [9.17, 15) is 10.1 Å². The molecule has 3 rings (SSSR count). The maximum Gasteiger partial charge on any atom is 0.269 e. The van der Waals surface area contributed by atoms with Gasteiger partial charge >= 0.3 is 0 Å². The van der Waals surface area contributed by atoms with Crippen molar-refractivity contribution in [3.63, 3.8) is 0 Å². The van der Waals surface area contributed by atoms with Crippen LogP contribution in [0.1, 0.15) is 5.56 Å². The standard InChI is InChI=1S/C16H12N2O2S/c1-11-2-4-13(5-3-11)16-17-15(10-21-16)12-6-8-14(9-7-12)18(19)20/h2-10H,1H3. The van der Waals surface area contributed by atoms with Gasteiger partial charge in [-0.05, 0) is 19.1 Å². The number of aromatic nitrogens is 1. The first-order valence-corrected chi connectivity index (χ1v) is 7.29. The van der Waals surface area contributed by atoms with Crippen LogP contribution in [0.3, 0.4) is 0 Å². The van der Waals surface area contributed by atoms with Crippen molar-refractivity contribution in [3.8, 4) is 21.8 Å². The van der Waals surface area contributed by atoms with Gasteiger partial charge in [0.05, 0.1) is 10.6 Å². The van der Waals surface area contributed by atoms with E-state index in [0.29, 0.717) is 0 Å². The molecule has 1 heterocycles. The van der Waals surface area contributed by atoms with Crippen LogP contribution in [0.25, 0.3) is 21.8 Å². The fraction of sp³-hybridized carbons (Fsp3) is 0.0625. The summed E-state index contributed by atoms with van der Waals surface area (Å²) in [5.41, 5.74) is 4.11. The number of rotatable bonds is 3. The Labute approximate surface area is 125 Å². The lowest BCUT2D eigenvalue weighted by Crippen LogP contribution is -1.87. The number of nitrogens with zero attached hydrogens (tertiary/aromatic N) is 2. The summed E-state index contributed by atoms with van der Waals surface area (Å²) in [4.78, 5) is 14.9. The Hall–Kier alpha value is -2.53. The van der Waals surface area contributed by atoms with Crippen molar-refractivity contribution in [1.29, 1.82) is 0 Å². The zero-order valence-electron chi connectivity index (χ0n) is 11.3. The van der Waals surface area contributed by atoms with E-state index in [1.807, 2.05) is 24.4 Å².